The maximum Gasteiger partial charge on any atom is 0.0224 e. The van der Waals surface area contributed by atoms with E-state index < -0.39 is 0 Å². The van der Waals surface area contributed by atoms with Crippen LogP contribution in [-0.2, 0) is 0 Å². The SMILES string of the molecule is CC1CC1CN1CC(C2CC2)NCC1C. The molecule has 0 aromatic heterocycles. The molecule has 0 spiro atoms. The summed E-state index contributed by atoms with van der Waals surface area (Å²) < 4.78 is 0. The molecule has 3 rings (SSSR count). The van der Waals surface area contributed by atoms with Gasteiger partial charge in [-0.15, -0.1) is 0 Å². The summed E-state index contributed by atoms with van der Waals surface area (Å²) in [6.07, 6.45) is 4.42. The fourth-order valence-electron chi connectivity index (χ4n) is 2.97. The zero-order chi connectivity index (χ0) is 10.4. The van der Waals surface area contributed by atoms with Gasteiger partial charge in [-0.2, -0.15) is 0 Å². The highest BCUT2D eigenvalue weighted by atomic mass is 15.2. The molecule has 1 aliphatic heterocycles. The van der Waals surface area contributed by atoms with E-state index in [9.17, 15) is 0 Å². The van der Waals surface area contributed by atoms with Crippen molar-refractivity contribution in [3.63, 3.8) is 0 Å². The highest BCUT2D eigenvalue weighted by molar-refractivity contribution is 4.95. The van der Waals surface area contributed by atoms with E-state index >= 15 is 0 Å². The van der Waals surface area contributed by atoms with Gasteiger partial charge in [-0.05, 0) is 43.9 Å². The molecular formula is C13H24N2. The Bertz CT molecular complexity index is 237. The van der Waals surface area contributed by atoms with Crippen molar-refractivity contribution in [2.24, 2.45) is 17.8 Å². The summed E-state index contributed by atoms with van der Waals surface area (Å²) >= 11 is 0. The van der Waals surface area contributed by atoms with Gasteiger partial charge in [0.1, 0.15) is 0 Å². The lowest BCUT2D eigenvalue weighted by molar-refractivity contribution is 0.125. The van der Waals surface area contributed by atoms with Crippen LogP contribution in [0.25, 0.3) is 0 Å². The van der Waals surface area contributed by atoms with Crippen LogP contribution in [0.1, 0.15) is 33.1 Å². The number of rotatable bonds is 3. The maximum absolute atomic E-state index is 3.72. The molecular weight excluding hydrogens is 184 g/mol. The van der Waals surface area contributed by atoms with Crippen molar-refractivity contribution in [1.82, 2.24) is 10.2 Å². The van der Waals surface area contributed by atoms with E-state index in [0.29, 0.717) is 0 Å². The van der Waals surface area contributed by atoms with Gasteiger partial charge in [0, 0.05) is 31.7 Å². The van der Waals surface area contributed by atoms with Crippen molar-refractivity contribution in [3.8, 4) is 0 Å². The zero-order valence-corrected chi connectivity index (χ0v) is 10.1. The second kappa shape index (κ2) is 3.74. The molecule has 0 aromatic rings. The first-order valence-corrected chi connectivity index (χ1v) is 6.71. The van der Waals surface area contributed by atoms with Gasteiger partial charge in [0.15, 0.2) is 0 Å². The van der Waals surface area contributed by atoms with E-state index in [-0.39, 0.29) is 0 Å². The first-order valence-electron chi connectivity index (χ1n) is 6.71. The molecule has 1 saturated heterocycles. The summed E-state index contributed by atoms with van der Waals surface area (Å²) in [6.45, 7) is 8.67. The second-order valence-corrected chi connectivity index (χ2v) is 6.13. The van der Waals surface area contributed by atoms with E-state index in [4.69, 9.17) is 0 Å². The Morgan fingerprint density at radius 1 is 1.27 bits per heavy atom. The van der Waals surface area contributed by atoms with Crippen molar-refractivity contribution >= 4 is 0 Å². The first-order chi connectivity index (χ1) is 7.24. The molecule has 4 atom stereocenters. The Balaban J connectivity index is 1.54. The lowest BCUT2D eigenvalue weighted by atomic mass is 10.1. The summed E-state index contributed by atoms with van der Waals surface area (Å²) in [4.78, 5) is 2.74. The van der Waals surface area contributed by atoms with Gasteiger partial charge in [-0.25, -0.2) is 0 Å². The van der Waals surface area contributed by atoms with Crippen molar-refractivity contribution in [1.29, 1.82) is 0 Å². The van der Waals surface area contributed by atoms with Crippen LogP contribution in [0, 0.1) is 17.8 Å². The smallest absolute Gasteiger partial charge is 0.0224 e. The molecule has 1 heterocycles. The third-order valence-electron chi connectivity index (χ3n) is 4.67. The molecule has 0 amide bonds. The topological polar surface area (TPSA) is 15.3 Å². The van der Waals surface area contributed by atoms with Crippen LogP contribution in [-0.4, -0.2) is 36.6 Å². The zero-order valence-electron chi connectivity index (χ0n) is 10.1. The highest BCUT2D eigenvalue weighted by Crippen LogP contribution is 2.40. The largest absolute Gasteiger partial charge is 0.311 e. The fourth-order valence-corrected chi connectivity index (χ4v) is 2.97. The van der Waals surface area contributed by atoms with Crippen molar-refractivity contribution in [3.05, 3.63) is 0 Å². The number of hydrogen-bond donors (Lipinski definition) is 1. The monoisotopic (exact) mass is 208 g/mol. The van der Waals surface area contributed by atoms with Crippen LogP contribution >= 0.6 is 0 Å². The Hall–Kier alpha value is -0.0800. The van der Waals surface area contributed by atoms with Gasteiger partial charge in [-0.1, -0.05) is 6.92 Å². The van der Waals surface area contributed by atoms with E-state index in [1.165, 1.54) is 38.9 Å². The first kappa shape index (κ1) is 10.1. The van der Waals surface area contributed by atoms with Crippen LogP contribution in [0.15, 0.2) is 0 Å². The molecule has 2 aliphatic carbocycles. The Labute approximate surface area is 93.4 Å². The van der Waals surface area contributed by atoms with Crippen molar-refractivity contribution in [2.75, 3.05) is 19.6 Å². The maximum atomic E-state index is 3.72. The van der Waals surface area contributed by atoms with Gasteiger partial charge in [0.25, 0.3) is 0 Å². The Morgan fingerprint density at radius 2 is 2.00 bits per heavy atom. The Kier molecular flexibility index (Phi) is 2.52. The third-order valence-corrected chi connectivity index (χ3v) is 4.67. The predicted octanol–water partition coefficient (Wildman–Crippen LogP) is 1.71. The van der Waals surface area contributed by atoms with Crippen molar-refractivity contribution in [2.45, 2.75) is 45.2 Å². The molecule has 0 aromatic carbocycles. The lowest BCUT2D eigenvalue weighted by Crippen LogP contribution is -2.56. The summed E-state index contributed by atoms with van der Waals surface area (Å²) in [5.74, 6) is 3.04. The average Bonchev–Trinajstić information content (AvgIpc) is 3.08. The quantitative estimate of drug-likeness (QED) is 0.759. The van der Waals surface area contributed by atoms with Crippen molar-refractivity contribution < 1.29 is 0 Å². The molecule has 15 heavy (non-hydrogen) atoms. The molecule has 0 bridgehead atoms. The minimum absolute atomic E-state index is 0.757. The molecule has 2 heteroatoms. The second-order valence-electron chi connectivity index (χ2n) is 6.13. The summed E-state index contributed by atoms with van der Waals surface area (Å²) in [6, 6.07) is 1.57. The molecule has 86 valence electrons. The van der Waals surface area contributed by atoms with Gasteiger partial charge >= 0.3 is 0 Å². The Morgan fingerprint density at radius 3 is 2.60 bits per heavy atom. The van der Waals surface area contributed by atoms with E-state index in [1.807, 2.05) is 0 Å². The fraction of sp³-hybridized carbons (Fsp3) is 1.00. The van der Waals surface area contributed by atoms with E-state index in [0.717, 1.165) is 29.8 Å². The predicted molar refractivity (Wildman–Crippen MR) is 62.8 cm³/mol. The van der Waals surface area contributed by atoms with Gasteiger partial charge < -0.3 is 5.32 Å². The standard InChI is InChI=1S/C13H24N2/c1-9-5-12(9)7-15-8-13(11-3-4-11)14-6-10(15)2/h9-14H,3-8H2,1-2H3. The number of hydrogen-bond acceptors (Lipinski definition) is 2. The number of piperazine rings is 1. The number of nitrogens with zero attached hydrogens (tertiary/aromatic N) is 1. The number of nitrogens with one attached hydrogen (secondary N) is 1. The summed E-state index contributed by atoms with van der Waals surface area (Å²) in [5, 5.41) is 3.72. The van der Waals surface area contributed by atoms with Gasteiger partial charge in [0.05, 0.1) is 0 Å². The third kappa shape index (κ3) is 2.21. The van der Waals surface area contributed by atoms with Crippen LogP contribution in [0.3, 0.4) is 0 Å². The minimum atomic E-state index is 0.757. The van der Waals surface area contributed by atoms with Gasteiger partial charge in [0.2, 0.25) is 0 Å². The highest BCUT2D eigenvalue weighted by Gasteiger charge is 2.39. The molecule has 1 N–H and O–H groups in total. The molecule has 2 nitrogen and oxygen atoms in total. The molecule has 0 radical (unpaired) electrons. The van der Waals surface area contributed by atoms with E-state index in [1.54, 1.807) is 0 Å². The minimum Gasteiger partial charge on any atom is -0.311 e. The summed E-state index contributed by atoms with van der Waals surface area (Å²) in [5.41, 5.74) is 0. The lowest BCUT2D eigenvalue weighted by Gasteiger charge is -2.39. The van der Waals surface area contributed by atoms with Crippen LogP contribution in [0.4, 0.5) is 0 Å². The molecule has 2 saturated carbocycles. The van der Waals surface area contributed by atoms with Crippen LogP contribution < -0.4 is 5.32 Å². The van der Waals surface area contributed by atoms with Crippen LogP contribution in [0.5, 0.6) is 0 Å². The van der Waals surface area contributed by atoms with Gasteiger partial charge in [-0.3, -0.25) is 4.90 Å². The molecule has 3 aliphatic rings. The van der Waals surface area contributed by atoms with E-state index in [2.05, 4.69) is 24.1 Å². The molecule has 4 unspecified atom stereocenters. The normalized spacial score (nSPS) is 46.8. The molecule has 3 fully saturated rings. The van der Waals surface area contributed by atoms with Crippen LogP contribution in [0.2, 0.25) is 0 Å². The average molecular weight is 208 g/mol. The summed E-state index contributed by atoms with van der Waals surface area (Å²) in [7, 11) is 0.